The van der Waals surface area contributed by atoms with E-state index < -0.39 is 0 Å². The highest BCUT2D eigenvalue weighted by Crippen LogP contribution is 2.42. The first-order chi connectivity index (χ1) is 8.56. The van der Waals surface area contributed by atoms with Gasteiger partial charge in [-0.25, -0.2) is 9.97 Å². The van der Waals surface area contributed by atoms with Crippen LogP contribution in [0.1, 0.15) is 30.1 Å². The third-order valence-electron chi connectivity index (χ3n) is 3.12. The lowest BCUT2D eigenvalue weighted by Crippen LogP contribution is -2.04. The van der Waals surface area contributed by atoms with Crippen LogP contribution in [0.3, 0.4) is 0 Å². The Balaban J connectivity index is 2.15. The minimum Gasteiger partial charge on any atom is -0.383 e. The van der Waals surface area contributed by atoms with Crippen molar-refractivity contribution in [3.63, 3.8) is 0 Å². The van der Waals surface area contributed by atoms with Crippen LogP contribution in [0.4, 0.5) is 5.82 Å². The van der Waals surface area contributed by atoms with Crippen molar-refractivity contribution in [2.45, 2.75) is 25.7 Å². The Morgan fingerprint density at radius 1 is 1.39 bits per heavy atom. The summed E-state index contributed by atoms with van der Waals surface area (Å²) >= 11 is 2.24. The molecule has 0 atom stereocenters. The van der Waals surface area contributed by atoms with Crippen molar-refractivity contribution >= 4 is 28.4 Å². The Kier molecular flexibility index (Phi) is 2.76. The van der Waals surface area contributed by atoms with E-state index >= 15 is 0 Å². The number of nitrogens with two attached hydrogens (primary N) is 1. The fraction of sp³-hybridized carbons (Fsp3) is 0.417. The van der Waals surface area contributed by atoms with E-state index in [0.29, 0.717) is 17.6 Å². The number of halogens is 1. The maximum atomic E-state index is 6.00. The topological polar surface area (TPSA) is 69.6 Å². The van der Waals surface area contributed by atoms with Crippen LogP contribution >= 0.6 is 22.6 Å². The highest BCUT2D eigenvalue weighted by molar-refractivity contribution is 14.1. The van der Waals surface area contributed by atoms with Crippen LogP contribution in [0.25, 0.3) is 11.4 Å². The Morgan fingerprint density at radius 3 is 2.67 bits per heavy atom. The van der Waals surface area contributed by atoms with Crippen molar-refractivity contribution in [1.82, 2.24) is 19.7 Å². The van der Waals surface area contributed by atoms with E-state index in [1.165, 1.54) is 12.8 Å². The van der Waals surface area contributed by atoms with Crippen molar-refractivity contribution in [3.8, 4) is 11.4 Å². The van der Waals surface area contributed by atoms with Gasteiger partial charge in [-0.05, 0) is 42.4 Å². The second kappa shape index (κ2) is 4.18. The van der Waals surface area contributed by atoms with E-state index in [1.54, 1.807) is 4.68 Å². The van der Waals surface area contributed by atoms with Crippen LogP contribution in [-0.2, 0) is 7.05 Å². The molecule has 1 saturated carbocycles. The maximum absolute atomic E-state index is 6.00. The summed E-state index contributed by atoms with van der Waals surface area (Å²) in [5.74, 6) is 1.84. The largest absolute Gasteiger partial charge is 0.383 e. The van der Waals surface area contributed by atoms with Crippen LogP contribution in [0.15, 0.2) is 6.20 Å². The average Bonchev–Trinajstić information content (AvgIpc) is 3.08. The zero-order valence-corrected chi connectivity index (χ0v) is 12.5. The molecule has 94 valence electrons. The smallest absolute Gasteiger partial charge is 0.165 e. The molecule has 2 heterocycles. The molecule has 1 fully saturated rings. The summed E-state index contributed by atoms with van der Waals surface area (Å²) in [5, 5.41) is 4.32. The molecule has 6 heteroatoms. The monoisotopic (exact) mass is 355 g/mol. The van der Waals surface area contributed by atoms with E-state index in [0.717, 1.165) is 20.5 Å². The van der Waals surface area contributed by atoms with Gasteiger partial charge in [-0.1, -0.05) is 0 Å². The van der Waals surface area contributed by atoms with Gasteiger partial charge >= 0.3 is 0 Å². The van der Waals surface area contributed by atoms with E-state index in [2.05, 4.69) is 37.7 Å². The first-order valence-corrected chi connectivity index (χ1v) is 6.97. The lowest BCUT2D eigenvalue weighted by atomic mass is 10.2. The molecule has 0 bridgehead atoms. The number of nitrogens with zero attached hydrogens (tertiary/aromatic N) is 4. The molecule has 5 nitrogen and oxygen atoms in total. The molecule has 0 unspecified atom stereocenters. The Morgan fingerprint density at radius 2 is 2.11 bits per heavy atom. The minimum atomic E-state index is 0.568. The second-order valence-corrected chi connectivity index (χ2v) is 5.79. The molecule has 0 saturated heterocycles. The van der Waals surface area contributed by atoms with Crippen LogP contribution < -0.4 is 5.73 Å². The van der Waals surface area contributed by atoms with Gasteiger partial charge in [-0.2, -0.15) is 5.10 Å². The summed E-state index contributed by atoms with van der Waals surface area (Å²) in [4.78, 5) is 9.08. The van der Waals surface area contributed by atoms with Crippen molar-refractivity contribution in [3.05, 3.63) is 21.2 Å². The van der Waals surface area contributed by atoms with Crippen LogP contribution in [0, 0.1) is 10.5 Å². The number of anilines is 1. The SMILES string of the molecule is Cc1nn(C)cc1-c1nc(N)c(I)c(C2CC2)n1. The standard InChI is InChI=1S/C12H14IN5/c1-6-8(5-18(2)17-6)12-15-10(7-3-4-7)9(13)11(14)16-12/h5,7H,3-4H2,1-2H3,(H2,14,15,16). The molecule has 0 spiro atoms. The third-order valence-corrected chi connectivity index (χ3v) is 4.23. The maximum Gasteiger partial charge on any atom is 0.165 e. The van der Waals surface area contributed by atoms with Crippen molar-refractivity contribution in [2.75, 3.05) is 5.73 Å². The highest BCUT2D eigenvalue weighted by Gasteiger charge is 2.29. The molecule has 0 aliphatic heterocycles. The van der Waals surface area contributed by atoms with E-state index in [4.69, 9.17) is 5.73 Å². The predicted molar refractivity (Wildman–Crippen MR) is 78.1 cm³/mol. The van der Waals surface area contributed by atoms with Gasteiger partial charge in [0.15, 0.2) is 5.82 Å². The number of hydrogen-bond donors (Lipinski definition) is 1. The van der Waals surface area contributed by atoms with Crippen LogP contribution in [0.5, 0.6) is 0 Å². The van der Waals surface area contributed by atoms with E-state index in [1.807, 2.05) is 20.2 Å². The Hall–Kier alpha value is -1.18. The summed E-state index contributed by atoms with van der Waals surface area (Å²) in [6.45, 7) is 1.96. The van der Waals surface area contributed by atoms with Crippen molar-refractivity contribution in [1.29, 1.82) is 0 Å². The molecule has 0 aromatic carbocycles. The van der Waals surface area contributed by atoms with Gasteiger partial charge < -0.3 is 5.73 Å². The number of nitrogen functional groups attached to an aromatic ring is 1. The van der Waals surface area contributed by atoms with Gasteiger partial charge in [0.2, 0.25) is 0 Å². The van der Waals surface area contributed by atoms with Crippen LogP contribution in [-0.4, -0.2) is 19.7 Å². The lowest BCUT2D eigenvalue weighted by Gasteiger charge is -2.07. The number of aryl methyl sites for hydroxylation is 2. The molecular weight excluding hydrogens is 341 g/mol. The number of hydrogen-bond acceptors (Lipinski definition) is 4. The average molecular weight is 355 g/mol. The predicted octanol–water partition coefficient (Wildman–Crippen LogP) is 2.25. The molecule has 2 aromatic heterocycles. The van der Waals surface area contributed by atoms with E-state index in [-0.39, 0.29) is 0 Å². The molecule has 0 radical (unpaired) electrons. The van der Waals surface area contributed by atoms with Crippen LogP contribution in [0.2, 0.25) is 0 Å². The zero-order valence-electron chi connectivity index (χ0n) is 10.3. The first kappa shape index (κ1) is 11.9. The quantitative estimate of drug-likeness (QED) is 0.839. The molecule has 2 aromatic rings. The number of aromatic nitrogens is 4. The normalized spacial score (nSPS) is 15.1. The summed E-state index contributed by atoms with van der Waals surface area (Å²) in [6, 6.07) is 0. The molecule has 0 amide bonds. The summed E-state index contributed by atoms with van der Waals surface area (Å²) in [6.07, 6.45) is 4.35. The highest BCUT2D eigenvalue weighted by atomic mass is 127. The third kappa shape index (κ3) is 1.98. The van der Waals surface area contributed by atoms with Gasteiger partial charge in [0, 0.05) is 19.2 Å². The molecule has 18 heavy (non-hydrogen) atoms. The van der Waals surface area contributed by atoms with Crippen molar-refractivity contribution in [2.24, 2.45) is 7.05 Å². The van der Waals surface area contributed by atoms with Crippen molar-refractivity contribution < 1.29 is 0 Å². The van der Waals surface area contributed by atoms with Gasteiger partial charge in [0.25, 0.3) is 0 Å². The van der Waals surface area contributed by atoms with Gasteiger partial charge in [0.05, 0.1) is 20.5 Å². The summed E-state index contributed by atoms with van der Waals surface area (Å²) in [7, 11) is 1.90. The number of rotatable bonds is 2. The molecule has 3 rings (SSSR count). The zero-order chi connectivity index (χ0) is 12.9. The molecule has 2 N–H and O–H groups in total. The minimum absolute atomic E-state index is 0.568. The lowest BCUT2D eigenvalue weighted by molar-refractivity contribution is 0.756. The summed E-state index contributed by atoms with van der Waals surface area (Å²) < 4.78 is 2.78. The molecule has 1 aliphatic carbocycles. The fourth-order valence-corrected chi connectivity index (χ4v) is 2.73. The second-order valence-electron chi connectivity index (χ2n) is 4.71. The fourth-order valence-electron chi connectivity index (χ4n) is 2.05. The Bertz CT molecular complexity index is 615. The van der Waals surface area contributed by atoms with Gasteiger partial charge in [-0.3, -0.25) is 4.68 Å². The Labute approximate surface area is 119 Å². The van der Waals surface area contributed by atoms with E-state index in [9.17, 15) is 0 Å². The summed E-state index contributed by atoms with van der Waals surface area (Å²) in [5.41, 5.74) is 8.98. The first-order valence-electron chi connectivity index (χ1n) is 5.89. The molecule has 1 aliphatic rings. The van der Waals surface area contributed by atoms with Gasteiger partial charge in [0.1, 0.15) is 5.82 Å². The molecular formula is C12H14IN5. The van der Waals surface area contributed by atoms with Gasteiger partial charge in [-0.15, -0.1) is 0 Å².